The standard InChI is InChI=1S/C8H8N4.C8H12N2.2C2H6/c1-7-3-2-4-8(11-7)12-5-9-10-6-12;1-3-9-8-6-4-5-7(2)10-8;2*1-2/h2-6H,1H3;4-6H,3H2,1-2H3,(H,9,10);2*1-2H3. The van der Waals surface area contributed by atoms with E-state index in [2.05, 4.69) is 32.4 Å². The topological polar surface area (TPSA) is 68.5 Å². The van der Waals surface area contributed by atoms with Crippen LogP contribution in [0.15, 0.2) is 49.1 Å². The molecule has 0 aromatic carbocycles. The molecule has 0 fully saturated rings. The molecule has 3 aromatic rings. The highest BCUT2D eigenvalue weighted by Gasteiger charge is 1.95. The van der Waals surface area contributed by atoms with Crippen LogP contribution < -0.4 is 5.32 Å². The van der Waals surface area contributed by atoms with E-state index in [0.717, 1.165) is 29.6 Å². The summed E-state index contributed by atoms with van der Waals surface area (Å²) in [5.74, 6) is 1.81. The van der Waals surface area contributed by atoms with Crippen LogP contribution in [-0.2, 0) is 0 Å². The summed E-state index contributed by atoms with van der Waals surface area (Å²) in [6.45, 7) is 14.9. The van der Waals surface area contributed by atoms with Crippen LogP contribution in [-0.4, -0.2) is 31.3 Å². The van der Waals surface area contributed by atoms with Crippen molar-refractivity contribution in [3.8, 4) is 5.82 Å². The van der Waals surface area contributed by atoms with Crippen molar-refractivity contribution in [3.63, 3.8) is 0 Å². The molecule has 142 valence electrons. The van der Waals surface area contributed by atoms with E-state index in [9.17, 15) is 0 Å². The number of nitrogens with one attached hydrogen (secondary N) is 1. The third-order valence-electron chi connectivity index (χ3n) is 2.80. The van der Waals surface area contributed by atoms with Crippen LogP contribution >= 0.6 is 0 Å². The Morgan fingerprint density at radius 3 is 1.85 bits per heavy atom. The first-order chi connectivity index (χ1) is 12.7. The average Bonchev–Trinajstić information content (AvgIpc) is 3.21. The summed E-state index contributed by atoms with van der Waals surface area (Å²) in [4.78, 5) is 8.55. The molecule has 1 N–H and O–H groups in total. The highest BCUT2D eigenvalue weighted by Crippen LogP contribution is 2.03. The first-order valence-electron chi connectivity index (χ1n) is 9.15. The summed E-state index contributed by atoms with van der Waals surface area (Å²) in [5.41, 5.74) is 2.04. The molecule has 0 amide bonds. The molecule has 3 aromatic heterocycles. The van der Waals surface area contributed by atoms with Crippen molar-refractivity contribution in [2.75, 3.05) is 11.9 Å². The van der Waals surface area contributed by atoms with Crippen LogP contribution in [0.2, 0.25) is 0 Å². The van der Waals surface area contributed by atoms with Gasteiger partial charge in [-0.3, -0.25) is 4.57 Å². The largest absolute Gasteiger partial charge is 0.370 e. The van der Waals surface area contributed by atoms with Crippen molar-refractivity contribution < 1.29 is 0 Å². The van der Waals surface area contributed by atoms with Crippen LogP contribution in [0.4, 0.5) is 5.82 Å². The SMILES string of the molecule is CC.CC.CCNc1cccc(C)n1.Cc1cccc(-n2cnnc2)n1. The smallest absolute Gasteiger partial charge is 0.139 e. The van der Waals surface area contributed by atoms with E-state index < -0.39 is 0 Å². The molecule has 26 heavy (non-hydrogen) atoms. The molecule has 0 spiro atoms. The zero-order valence-electron chi connectivity index (χ0n) is 17.1. The number of anilines is 1. The van der Waals surface area contributed by atoms with E-state index in [1.165, 1.54) is 0 Å². The average molecular weight is 357 g/mol. The van der Waals surface area contributed by atoms with Crippen molar-refractivity contribution in [1.82, 2.24) is 24.7 Å². The lowest BCUT2D eigenvalue weighted by Gasteiger charge is -2.00. The summed E-state index contributed by atoms with van der Waals surface area (Å²) in [6.07, 6.45) is 3.25. The van der Waals surface area contributed by atoms with Crippen molar-refractivity contribution >= 4 is 5.82 Å². The number of hydrogen-bond acceptors (Lipinski definition) is 5. The van der Waals surface area contributed by atoms with Crippen LogP contribution in [0.25, 0.3) is 5.82 Å². The van der Waals surface area contributed by atoms with Crippen molar-refractivity contribution in [2.45, 2.75) is 48.5 Å². The second-order valence-corrected chi connectivity index (χ2v) is 4.70. The molecule has 0 bridgehead atoms. The number of aryl methyl sites for hydroxylation is 2. The molecule has 0 aliphatic rings. The van der Waals surface area contributed by atoms with Gasteiger partial charge in [-0.25, -0.2) is 9.97 Å². The monoisotopic (exact) mass is 356 g/mol. The lowest BCUT2D eigenvalue weighted by molar-refractivity contribution is 0.973. The Labute approximate surface area is 157 Å². The van der Waals surface area contributed by atoms with E-state index in [1.54, 1.807) is 17.2 Å². The maximum Gasteiger partial charge on any atom is 0.139 e. The van der Waals surface area contributed by atoms with Gasteiger partial charge >= 0.3 is 0 Å². The Morgan fingerprint density at radius 2 is 1.35 bits per heavy atom. The maximum atomic E-state index is 4.30. The van der Waals surface area contributed by atoms with Crippen LogP contribution in [0, 0.1) is 13.8 Å². The number of rotatable bonds is 3. The molecule has 0 saturated heterocycles. The third kappa shape index (κ3) is 8.92. The second-order valence-electron chi connectivity index (χ2n) is 4.70. The second kappa shape index (κ2) is 14.6. The molecule has 6 heteroatoms. The van der Waals surface area contributed by atoms with Gasteiger partial charge in [-0.05, 0) is 45.0 Å². The van der Waals surface area contributed by atoms with Gasteiger partial charge in [0.1, 0.15) is 24.3 Å². The minimum Gasteiger partial charge on any atom is -0.370 e. The maximum absolute atomic E-state index is 4.30. The highest BCUT2D eigenvalue weighted by molar-refractivity contribution is 5.34. The van der Waals surface area contributed by atoms with Gasteiger partial charge in [-0.15, -0.1) is 10.2 Å². The van der Waals surface area contributed by atoms with Gasteiger partial charge in [0.2, 0.25) is 0 Å². The van der Waals surface area contributed by atoms with E-state index in [4.69, 9.17) is 0 Å². The van der Waals surface area contributed by atoms with E-state index >= 15 is 0 Å². The predicted molar refractivity (Wildman–Crippen MR) is 110 cm³/mol. The zero-order chi connectivity index (χ0) is 19.8. The summed E-state index contributed by atoms with van der Waals surface area (Å²) in [7, 11) is 0. The summed E-state index contributed by atoms with van der Waals surface area (Å²) < 4.78 is 1.77. The predicted octanol–water partition coefficient (Wildman–Crippen LogP) is 4.84. The van der Waals surface area contributed by atoms with Crippen LogP contribution in [0.1, 0.15) is 46.0 Å². The number of pyridine rings is 2. The van der Waals surface area contributed by atoms with Gasteiger partial charge in [0.15, 0.2) is 0 Å². The van der Waals surface area contributed by atoms with E-state index in [-0.39, 0.29) is 0 Å². The summed E-state index contributed by atoms with van der Waals surface area (Å²) >= 11 is 0. The molecule has 3 rings (SSSR count). The molecular weight excluding hydrogens is 324 g/mol. The van der Waals surface area contributed by atoms with E-state index in [0.29, 0.717) is 0 Å². The number of nitrogens with zero attached hydrogens (tertiary/aromatic N) is 5. The molecule has 0 unspecified atom stereocenters. The molecule has 6 nitrogen and oxygen atoms in total. The number of hydrogen-bond donors (Lipinski definition) is 1. The Balaban J connectivity index is 0.000000409. The number of aromatic nitrogens is 5. The fraction of sp³-hybridized carbons (Fsp3) is 0.400. The van der Waals surface area contributed by atoms with Crippen molar-refractivity contribution in [3.05, 3.63) is 60.4 Å². The summed E-state index contributed by atoms with van der Waals surface area (Å²) in [5, 5.41) is 10.5. The van der Waals surface area contributed by atoms with Gasteiger partial charge in [-0.2, -0.15) is 0 Å². The van der Waals surface area contributed by atoms with E-state index in [1.807, 2.05) is 77.9 Å². The fourth-order valence-electron chi connectivity index (χ4n) is 1.81. The lowest BCUT2D eigenvalue weighted by atomic mass is 10.4. The minimum atomic E-state index is 0.847. The highest BCUT2D eigenvalue weighted by atomic mass is 15.2. The third-order valence-corrected chi connectivity index (χ3v) is 2.80. The molecule has 0 radical (unpaired) electrons. The fourth-order valence-corrected chi connectivity index (χ4v) is 1.81. The molecule has 0 aliphatic heterocycles. The molecule has 0 atom stereocenters. The van der Waals surface area contributed by atoms with Gasteiger partial charge in [0.05, 0.1) is 0 Å². The van der Waals surface area contributed by atoms with Gasteiger partial charge in [-0.1, -0.05) is 39.8 Å². The van der Waals surface area contributed by atoms with Crippen molar-refractivity contribution in [2.24, 2.45) is 0 Å². The molecule has 0 aliphatic carbocycles. The molecule has 0 saturated carbocycles. The lowest BCUT2D eigenvalue weighted by Crippen LogP contribution is -1.98. The Kier molecular flexibility index (Phi) is 13.0. The zero-order valence-corrected chi connectivity index (χ0v) is 17.1. The quantitative estimate of drug-likeness (QED) is 0.727. The molecular formula is C20H32N6. The first-order valence-corrected chi connectivity index (χ1v) is 9.15. The Morgan fingerprint density at radius 1 is 0.808 bits per heavy atom. The first kappa shape index (κ1) is 23.2. The minimum absolute atomic E-state index is 0.847. The van der Waals surface area contributed by atoms with Gasteiger partial charge < -0.3 is 5.32 Å². The Bertz CT molecular complexity index is 695. The normalized spacial score (nSPS) is 8.73. The van der Waals surface area contributed by atoms with Crippen LogP contribution in [0.5, 0.6) is 0 Å². The Hall–Kier alpha value is -2.76. The van der Waals surface area contributed by atoms with Crippen LogP contribution in [0.3, 0.4) is 0 Å². The van der Waals surface area contributed by atoms with Crippen molar-refractivity contribution in [1.29, 1.82) is 0 Å². The summed E-state index contributed by atoms with van der Waals surface area (Å²) in [6, 6.07) is 11.8. The van der Waals surface area contributed by atoms with Gasteiger partial charge in [0.25, 0.3) is 0 Å². The van der Waals surface area contributed by atoms with Gasteiger partial charge in [0, 0.05) is 17.9 Å². The molecule has 3 heterocycles.